The second-order valence-electron chi connectivity index (χ2n) is 4.60. The summed E-state index contributed by atoms with van der Waals surface area (Å²) in [6.45, 7) is 7.22. The average Bonchev–Trinajstić information content (AvgIpc) is 2.75. The molecule has 1 atom stereocenters. The van der Waals surface area contributed by atoms with Gasteiger partial charge in [0.1, 0.15) is 6.61 Å². The molecule has 0 aromatic heterocycles. The van der Waals surface area contributed by atoms with Gasteiger partial charge in [-0.05, 0) is 31.7 Å². The van der Waals surface area contributed by atoms with Crippen LogP contribution in [-0.2, 0) is 14.3 Å². The van der Waals surface area contributed by atoms with Gasteiger partial charge in [-0.2, -0.15) is 0 Å². The highest BCUT2D eigenvalue weighted by Crippen LogP contribution is 2.12. The molecular weight excluding hydrogens is 206 g/mol. The van der Waals surface area contributed by atoms with Crippen molar-refractivity contribution in [2.75, 3.05) is 26.3 Å². The summed E-state index contributed by atoms with van der Waals surface area (Å²) < 4.78 is 10.3. The molecule has 1 aliphatic rings. The molecule has 0 spiro atoms. The third-order valence-electron chi connectivity index (χ3n) is 2.61. The summed E-state index contributed by atoms with van der Waals surface area (Å²) in [5.41, 5.74) is 0. The second-order valence-corrected chi connectivity index (χ2v) is 4.60. The average molecular weight is 229 g/mol. The van der Waals surface area contributed by atoms with E-state index in [0.717, 1.165) is 32.4 Å². The van der Waals surface area contributed by atoms with Gasteiger partial charge < -0.3 is 14.8 Å². The Balaban J connectivity index is 1.92. The Morgan fingerprint density at radius 3 is 2.94 bits per heavy atom. The molecule has 1 rings (SSSR count). The molecule has 0 amide bonds. The Labute approximate surface area is 97.7 Å². The molecule has 4 nitrogen and oxygen atoms in total. The minimum Gasteiger partial charge on any atom is -0.462 e. The highest BCUT2D eigenvalue weighted by Gasteiger charge is 2.24. The van der Waals surface area contributed by atoms with Crippen molar-refractivity contribution in [2.24, 2.45) is 5.92 Å². The molecule has 4 heteroatoms. The number of hydrogen-bond acceptors (Lipinski definition) is 4. The van der Waals surface area contributed by atoms with Crippen molar-refractivity contribution in [3.8, 4) is 0 Å². The largest absolute Gasteiger partial charge is 0.462 e. The summed E-state index contributed by atoms with van der Waals surface area (Å²) in [7, 11) is 0. The van der Waals surface area contributed by atoms with Crippen LogP contribution in [0.25, 0.3) is 0 Å². The van der Waals surface area contributed by atoms with E-state index in [9.17, 15) is 4.79 Å². The standard InChI is InChI=1S/C12H23NO3/c1-10(2)5-6-13-7-9-16-12(14)11-4-3-8-15-11/h10-11,13H,3-9H2,1-2H3. The van der Waals surface area contributed by atoms with Crippen molar-refractivity contribution in [1.82, 2.24) is 5.32 Å². The second kappa shape index (κ2) is 7.63. The summed E-state index contributed by atoms with van der Waals surface area (Å²) in [5, 5.41) is 3.24. The highest BCUT2D eigenvalue weighted by molar-refractivity contribution is 5.74. The summed E-state index contributed by atoms with van der Waals surface area (Å²) in [5.74, 6) is 0.505. The molecule has 0 saturated carbocycles. The first-order valence-corrected chi connectivity index (χ1v) is 6.19. The minimum absolute atomic E-state index is 0.205. The fourth-order valence-electron chi connectivity index (χ4n) is 1.60. The van der Waals surface area contributed by atoms with Crippen LogP contribution in [0.2, 0.25) is 0 Å². The zero-order valence-corrected chi connectivity index (χ0v) is 10.3. The third kappa shape index (κ3) is 5.47. The van der Waals surface area contributed by atoms with Gasteiger partial charge in [-0.15, -0.1) is 0 Å². The van der Waals surface area contributed by atoms with Crippen LogP contribution < -0.4 is 5.32 Å². The van der Waals surface area contributed by atoms with Crippen molar-refractivity contribution < 1.29 is 14.3 Å². The molecule has 16 heavy (non-hydrogen) atoms. The first-order valence-electron chi connectivity index (χ1n) is 6.19. The summed E-state index contributed by atoms with van der Waals surface area (Å²) in [6, 6.07) is 0. The maximum absolute atomic E-state index is 11.4. The number of carbonyl (C=O) groups excluding carboxylic acids is 1. The van der Waals surface area contributed by atoms with Crippen molar-refractivity contribution in [3.63, 3.8) is 0 Å². The minimum atomic E-state index is -0.310. The molecule has 1 heterocycles. The topological polar surface area (TPSA) is 47.6 Å². The van der Waals surface area contributed by atoms with E-state index >= 15 is 0 Å². The molecule has 1 fully saturated rings. The Morgan fingerprint density at radius 2 is 2.31 bits per heavy atom. The van der Waals surface area contributed by atoms with Crippen LogP contribution in [0.1, 0.15) is 33.1 Å². The van der Waals surface area contributed by atoms with Crippen LogP contribution in [0.3, 0.4) is 0 Å². The number of rotatable bonds is 7. The van der Waals surface area contributed by atoms with Gasteiger partial charge in [-0.1, -0.05) is 13.8 Å². The van der Waals surface area contributed by atoms with Crippen LogP contribution >= 0.6 is 0 Å². The lowest BCUT2D eigenvalue weighted by atomic mass is 10.1. The van der Waals surface area contributed by atoms with Crippen molar-refractivity contribution in [2.45, 2.75) is 39.2 Å². The summed E-state index contributed by atoms with van der Waals surface area (Å²) in [4.78, 5) is 11.4. The zero-order valence-electron chi connectivity index (χ0n) is 10.3. The van der Waals surface area contributed by atoms with Crippen LogP contribution in [0.15, 0.2) is 0 Å². The maximum atomic E-state index is 11.4. The number of carbonyl (C=O) groups is 1. The lowest BCUT2D eigenvalue weighted by molar-refractivity contribution is -0.154. The van der Waals surface area contributed by atoms with E-state index in [1.807, 2.05) is 0 Å². The molecule has 0 aromatic carbocycles. The molecule has 1 N–H and O–H groups in total. The van der Waals surface area contributed by atoms with Gasteiger partial charge in [-0.25, -0.2) is 4.79 Å². The van der Waals surface area contributed by atoms with Crippen molar-refractivity contribution in [1.29, 1.82) is 0 Å². The van der Waals surface area contributed by atoms with Crippen LogP contribution in [0.4, 0.5) is 0 Å². The van der Waals surface area contributed by atoms with Gasteiger partial charge in [-0.3, -0.25) is 0 Å². The first-order chi connectivity index (χ1) is 7.70. The quantitative estimate of drug-likeness (QED) is 0.529. The predicted octanol–water partition coefficient (Wildman–Crippen LogP) is 1.34. The van der Waals surface area contributed by atoms with E-state index in [4.69, 9.17) is 9.47 Å². The predicted molar refractivity (Wildman–Crippen MR) is 62.3 cm³/mol. The van der Waals surface area contributed by atoms with Crippen molar-refractivity contribution >= 4 is 5.97 Å². The summed E-state index contributed by atoms with van der Waals surface area (Å²) >= 11 is 0. The summed E-state index contributed by atoms with van der Waals surface area (Å²) in [6.07, 6.45) is 2.61. The van der Waals surface area contributed by atoms with Gasteiger partial charge >= 0.3 is 5.97 Å². The van der Waals surface area contributed by atoms with E-state index in [-0.39, 0.29) is 12.1 Å². The van der Waals surface area contributed by atoms with Gasteiger partial charge in [0.2, 0.25) is 0 Å². The van der Waals surface area contributed by atoms with Gasteiger partial charge in [0.15, 0.2) is 6.10 Å². The number of nitrogens with one attached hydrogen (secondary N) is 1. The molecular formula is C12H23NO3. The number of ether oxygens (including phenoxy) is 2. The SMILES string of the molecule is CC(C)CCNCCOC(=O)C1CCCO1. The Bertz CT molecular complexity index is 200. The van der Waals surface area contributed by atoms with E-state index < -0.39 is 0 Å². The van der Waals surface area contributed by atoms with Crippen LogP contribution in [0, 0.1) is 5.92 Å². The maximum Gasteiger partial charge on any atom is 0.335 e. The van der Waals surface area contributed by atoms with E-state index in [2.05, 4.69) is 19.2 Å². The smallest absolute Gasteiger partial charge is 0.335 e. The highest BCUT2D eigenvalue weighted by atomic mass is 16.6. The molecule has 0 bridgehead atoms. The molecule has 1 aliphatic heterocycles. The molecule has 0 radical (unpaired) electrons. The molecule has 0 aliphatic carbocycles. The van der Waals surface area contributed by atoms with E-state index in [1.54, 1.807) is 0 Å². The lowest BCUT2D eigenvalue weighted by Gasteiger charge is -2.10. The van der Waals surface area contributed by atoms with Gasteiger partial charge in [0, 0.05) is 13.2 Å². The van der Waals surface area contributed by atoms with Crippen LogP contribution in [0.5, 0.6) is 0 Å². The van der Waals surface area contributed by atoms with E-state index in [1.165, 1.54) is 0 Å². The fourth-order valence-corrected chi connectivity index (χ4v) is 1.60. The molecule has 94 valence electrons. The first kappa shape index (κ1) is 13.5. The number of esters is 1. The molecule has 1 saturated heterocycles. The van der Waals surface area contributed by atoms with Gasteiger partial charge in [0.05, 0.1) is 0 Å². The van der Waals surface area contributed by atoms with Crippen LogP contribution in [-0.4, -0.2) is 38.4 Å². The lowest BCUT2D eigenvalue weighted by Crippen LogP contribution is -2.27. The normalized spacial score (nSPS) is 20.3. The van der Waals surface area contributed by atoms with E-state index in [0.29, 0.717) is 19.1 Å². The Morgan fingerprint density at radius 1 is 1.50 bits per heavy atom. The third-order valence-corrected chi connectivity index (χ3v) is 2.61. The molecule has 0 aromatic rings. The fraction of sp³-hybridized carbons (Fsp3) is 0.917. The zero-order chi connectivity index (χ0) is 11.8. The van der Waals surface area contributed by atoms with Crippen molar-refractivity contribution in [3.05, 3.63) is 0 Å². The molecule has 1 unspecified atom stereocenters. The Hall–Kier alpha value is -0.610. The number of hydrogen-bond donors (Lipinski definition) is 1. The Kier molecular flexibility index (Phi) is 6.42. The van der Waals surface area contributed by atoms with Gasteiger partial charge in [0.25, 0.3) is 0 Å². The monoisotopic (exact) mass is 229 g/mol.